The van der Waals surface area contributed by atoms with Crippen molar-refractivity contribution in [1.82, 2.24) is 5.32 Å². The van der Waals surface area contributed by atoms with Crippen LogP contribution in [0.5, 0.6) is 11.5 Å². The van der Waals surface area contributed by atoms with E-state index in [2.05, 4.69) is 5.32 Å². The number of benzene rings is 1. The van der Waals surface area contributed by atoms with Gasteiger partial charge in [0.05, 0.1) is 26.9 Å². The third-order valence-corrected chi connectivity index (χ3v) is 2.76. The Morgan fingerprint density at radius 2 is 2.18 bits per heavy atom. The van der Waals surface area contributed by atoms with Gasteiger partial charge in [0.15, 0.2) is 17.3 Å². The van der Waals surface area contributed by atoms with Crippen LogP contribution in [0.4, 0.5) is 4.39 Å². The molecule has 0 aliphatic carbocycles. The van der Waals surface area contributed by atoms with Crippen molar-refractivity contribution in [1.29, 1.82) is 0 Å². The van der Waals surface area contributed by atoms with Crippen LogP contribution in [-0.4, -0.2) is 33.9 Å². The summed E-state index contributed by atoms with van der Waals surface area (Å²) < 4.78 is 29.4. The summed E-state index contributed by atoms with van der Waals surface area (Å²) in [7, 11) is 2.90. The average molecular weight is 241 g/mol. The van der Waals surface area contributed by atoms with Gasteiger partial charge in [-0.05, 0) is 17.7 Å². The Balaban J connectivity index is 2.31. The van der Waals surface area contributed by atoms with E-state index in [9.17, 15) is 4.39 Å². The first kappa shape index (κ1) is 12.1. The Hall–Kier alpha value is -1.33. The molecular formula is C12H16FNO3. The summed E-state index contributed by atoms with van der Waals surface area (Å²) >= 11 is 0. The molecule has 0 aromatic heterocycles. The minimum Gasteiger partial charge on any atom is -0.493 e. The summed E-state index contributed by atoms with van der Waals surface area (Å²) in [6.07, 6.45) is -0.141. The van der Waals surface area contributed by atoms with Gasteiger partial charge in [-0.1, -0.05) is 0 Å². The number of ether oxygens (including phenoxy) is 3. The zero-order chi connectivity index (χ0) is 12.3. The van der Waals surface area contributed by atoms with E-state index in [1.54, 1.807) is 6.07 Å². The molecule has 1 aliphatic rings. The fourth-order valence-corrected chi connectivity index (χ4v) is 1.90. The molecule has 0 saturated carbocycles. The Morgan fingerprint density at radius 3 is 2.76 bits per heavy atom. The quantitative estimate of drug-likeness (QED) is 0.870. The number of hydrogen-bond donors (Lipinski definition) is 1. The predicted molar refractivity (Wildman–Crippen MR) is 61.1 cm³/mol. The predicted octanol–water partition coefficient (Wildman–Crippen LogP) is 1.50. The molecule has 1 fully saturated rings. The van der Waals surface area contributed by atoms with E-state index in [0.717, 1.165) is 12.1 Å². The molecule has 1 aromatic rings. The molecule has 0 radical (unpaired) electrons. The first-order valence-corrected chi connectivity index (χ1v) is 5.50. The normalized spacial score (nSPS) is 20.1. The van der Waals surface area contributed by atoms with Gasteiger partial charge < -0.3 is 19.5 Å². The molecule has 0 amide bonds. The lowest BCUT2D eigenvalue weighted by atomic mass is 10.1. The summed E-state index contributed by atoms with van der Waals surface area (Å²) in [6, 6.07) is 3.18. The molecule has 0 bridgehead atoms. The van der Waals surface area contributed by atoms with Crippen molar-refractivity contribution in [3.63, 3.8) is 0 Å². The van der Waals surface area contributed by atoms with Crippen molar-refractivity contribution in [2.45, 2.75) is 6.10 Å². The number of methoxy groups -OCH3 is 2. The summed E-state index contributed by atoms with van der Waals surface area (Å²) in [5.74, 6) is 0.0766. The van der Waals surface area contributed by atoms with Crippen molar-refractivity contribution in [3.05, 3.63) is 23.5 Å². The van der Waals surface area contributed by atoms with Crippen LogP contribution in [0, 0.1) is 5.82 Å². The third-order valence-electron chi connectivity index (χ3n) is 2.76. The first-order valence-electron chi connectivity index (χ1n) is 5.50. The topological polar surface area (TPSA) is 39.7 Å². The highest BCUT2D eigenvalue weighted by atomic mass is 19.1. The fraction of sp³-hybridized carbons (Fsp3) is 0.500. The van der Waals surface area contributed by atoms with Crippen LogP contribution < -0.4 is 14.8 Å². The second kappa shape index (κ2) is 5.33. The number of rotatable bonds is 3. The summed E-state index contributed by atoms with van der Waals surface area (Å²) in [5, 5.41) is 3.20. The Labute approximate surface area is 99.7 Å². The van der Waals surface area contributed by atoms with Gasteiger partial charge in [0.25, 0.3) is 0 Å². The van der Waals surface area contributed by atoms with Gasteiger partial charge in [-0.15, -0.1) is 0 Å². The Morgan fingerprint density at radius 1 is 1.35 bits per heavy atom. The lowest BCUT2D eigenvalue weighted by Gasteiger charge is -2.24. The first-order chi connectivity index (χ1) is 8.26. The second-order valence-corrected chi connectivity index (χ2v) is 3.80. The van der Waals surface area contributed by atoms with Crippen molar-refractivity contribution in [3.8, 4) is 11.5 Å². The maximum atomic E-state index is 13.8. The highest BCUT2D eigenvalue weighted by Gasteiger charge is 2.20. The molecule has 1 atom stereocenters. The van der Waals surface area contributed by atoms with E-state index in [1.165, 1.54) is 20.3 Å². The van der Waals surface area contributed by atoms with Gasteiger partial charge in [-0.2, -0.15) is 0 Å². The molecule has 2 rings (SSSR count). The van der Waals surface area contributed by atoms with Crippen LogP contribution in [0.3, 0.4) is 0 Å². The van der Waals surface area contributed by atoms with Gasteiger partial charge in [0.1, 0.15) is 0 Å². The van der Waals surface area contributed by atoms with Crippen molar-refractivity contribution >= 4 is 0 Å². The molecule has 4 nitrogen and oxygen atoms in total. The highest BCUT2D eigenvalue weighted by Crippen LogP contribution is 2.34. The van der Waals surface area contributed by atoms with Gasteiger partial charge in [0.2, 0.25) is 0 Å². The summed E-state index contributed by atoms with van der Waals surface area (Å²) in [5.41, 5.74) is 0.757. The van der Waals surface area contributed by atoms with Gasteiger partial charge in [-0.25, -0.2) is 4.39 Å². The SMILES string of the molecule is COc1cc(C2CNCCO2)cc(F)c1OC. The van der Waals surface area contributed by atoms with Crippen molar-refractivity contribution < 1.29 is 18.6 Å². The molecular weight excluding hydrogens is 225 g/mol. The van der Waals surface area contributed by atoms with Crippen molar-refractivity contribution in [2.75, 3.05) is 33.9 Å². The summed E-state index contributed by atoms with van der Waals surface area (Å²) in [6.45, 7) is 2.13. The zero-order valence-corrected chi connectivity index (χ0v) is 9.96. The second-order valence-electron chi connectivity index (χ2n) is 3.80. The van der Waals surface area contributed by atoms with Gasteiger partial charge >= 0.3 is 0 Å². The number of hydrogen-bond acceptors (Lipinski definition) is 4. The molecule has 1 heterocycles. The van der Waals surface area contributed by atoms with E-state index in [4.69, 9.17) is 14.2 Å². The van der Waals surface area contributed by atoms with Gasteiger partial charge in [0, 0.05) is 13.1 Å². The standard InChI is InChI=1S/C12H16FNO3/c1-15-10-6-8(5-9(13)12(10)16-2)11-7-14-3-4-17-11/h5-6,11,14H,3-4,7H2,1-2H3. The fourth-order valence-electron chi connectivity index (χ4n) is 1.90. The molecule has 1 saturated heterocycles. The van der Waals surface area contributed by atoms with Crippen LogP contribution in [0.15, 0.2) is 12.1 Å². The monoisotopic (exact) mass is 241 g/mol. The lowest BCUT2D eigenvalue weighted by molar-refractivity contribution is 0.0273. The average Bonchev–Trinajstić information content (AvgIpc) is 2.38. The van der Waals surface area contributed by atoms with Crippen LogP contribution in [-0.2, 0) is 4.74 Å². The third kappa shape index (κ3) is 2.50. The molecule has 0 spiro atoms. The highest BCUT2D eigenvalue weighted by molar-refractivity contribution is 5.45. The minimum atomic E-state index is -0.434. The van der Waals surface area contributed by atoms with Crippen molar-refractivity contribution in [2.24, 2.45) is 0 Å². The van der Waals surface area contributed by atoms with Crippen LogP contribution in [0.25, 0.3) is 0 Å². The van der Waals surface area contributed by atoms with E-state index in [-0.39, 0.29) is 11.9 Å². The molecule has 1 aliphatic heterocycles. The Bertz CT molecular complexity index is 392. The minimum absolute atomic E-state index is 0.125. The molecule has 5 heteroatoms. The molecule has 1 aromatic carbocycles. The molecule has 94 valence electrons. The van der Waals surface area contributed by atoms with E-state index in [0.29, 0.717) is 18.9 Å². The maximum absolute atomic E-state index is 13.8. The largest absolute Gasteiger partial charge is 0.493 e. The number of nitrogens with one attached hydrogen (secondary N) is 1. The summed E-state index contributed by atoms with van der Waals surface area (Å²) in [4.78, 5) is 0. The number of halogens is 1. The molecule has 17 heavy (non-hydrogen) atoms. The molecule has 1 unspecified atom stereocenters. The van der Waals surface area contributed by atoms with E-state index < -0.39 is 5.82 Å². The zero-order valence-electron chi connectivity index (χ0n) is 9.96. The maximum Gasteiger partial charge on any atom is 0.196 e. The lowest BCUT2D eigenvalue weighted by Crippen LogP contribution is -2.33. The van der Waals surface area contributed by atoms with Crippen LogP contribution >= 0.6 is 0 Å². The van der Waals surface area contributed by atoms with E-state index in [1.807, 2.05) is 0 Å². The van der Waals surface area contributed by atoms with Gasteiger partial charge in [-0.3, -0.25) is 0 Å². The van der Waals surface area contributed by atoms with Crippen LogP contribution in [0.2, 0.25) is 0 Å². The smallest absolute Gasteiger partial charge is 0.196 e. The Kier molecular flexibility index (Phi) is 3.81. The van der Waals surface area contributed by atoms with E-state index >= 15 is 0 Å². The van der Waals surface area contributed by atoms with Crippen LogP contribution in [0.1, 0.15) is 11.7 Å². The number of morpholine rings is 1. The molecule has 1 N–H and O–H groups in total.